The lowest BCUT2D eigenvalue weighted by molar-refractivity contribution is -0.138. The zero-order valence-electron chi connectivity index (χ0n) is 13.0. The molecule has 6 nitrogen and oxygen atoms in total. The standard InChI is InChI=1S/C13H16BrF3N4O2S/c1-3-7(14)6-9(22)8-4-5-20(2)12(23)21(8)11-19-18-10(24-11)13(15,16)17/h7-8H,3-6H2,1-2H3. The van der Waals surface area contributed by atoms with Gasteiger partial charge < -0.3 is 4.90 Å². The molecule has 2 unspecified atom stereocenters. The Kier molecular flexibility index (Phi) is 5.84. The Hall–Kier alpha value is -1.23. The van der Waals surface area contributed by atoms with Crippen LogP contribution in [0.4, 0.5) is 23.1 Å². The van der Waals surface area contributed by atoms with Crippen molar-refractivity contribution in [2.45, 2.75) is 43.2 Å². The van der Waals surface area contributed by atoms with Gasteiger partial charge in [-0.25, -0.2) is 4.79 Å². The number of halogens is 4. The smallest absolute Gasteiger partial charge is 0.327 e. The first-order valence-electron chi connectivity index (χ1n) is 7.27. The average Bonchev–Trinajstić information content (AvgIpc) is 2.99. The second-order valence-corrected chi connectivity index (χ2v) is 7.69. The number of amides is 2. The highest BCUT2D eigenvalue weighted by atomic mass is 79.9. The highest BCUT2D eigenvalue weighted by Gasteiger charge is 2.42. The Morgan fingerprint density at radius 2 is 2.12 bits per heavy atom. The maximum atomic E-state index is 12.7. The maximum Gasteiger partial charge on any atom is 0.445 e. The van der Waals surface area contributed by atoms with E-state index in [-0.39, 0.29) is 33.5 Å². The Morgan fingerprint density at radius 3 is 2.67 bits per heavy atom. The van der Waals surface area contributed by atoms with Crippen LogP contribution in [0.3, 0.4) is 0 Å². The molecule has 0 spiro atoms. The topological polar surface area (TPSA) is 66.4 Å². The van der Waals surface area contributed by atoms with Gasteiger partial charge in [-0.3, -0.25) is 9.69 Å². The van der Waals surface area contributed by atoms with Crippen molar-refractivity contribution in [1.82, 2.24) is 15.1 Å². The van der Waals surface area contributed by atoms with Gasteiger partial charge >= 0.3 is 12.2 Å². The Bertz CT molecular complexity index is 625. The van der Waals surface area contributed by atoms with Gasteiger partial charge in [0.1, 0.15) is 6.04 Å². The molecule has 1 aliphatic rings. The Balaban J connectivity index is 2.31. The minimum absolute atomic E-state index is 0.0400. The molecule has 0 aromatic carbocycles. The zero-order valence-corrected chi connectivity index (χ0v) is 15.4. The normalized spacial score (nSPS) is 20.4. The van der Waals surface area contributed by atoms with Gasteiger partial charge in [0.15, 0.2) is 5.78 Å². The van der Waals surface area contributed by atoms with Gasteiger partial charge in [0.2, 0.25) is 10.1 Å². The van der Waals surface area contributed by atoms with E-state index in [9.17, 15) is 22.8 Å². The van der Waals surface area contributed by atoms with E-state index in [0.29, 0.717) is 13.0 Å². The third-order valence-electron chi connectivity index (χ3n) is 3.68. The number of carbonyl (C=O) groups is 2. The van der Waals surface area contributed by atoms with Crippen LogP contribution in [0.2, 0.25) is 0 Å². The summed E-state index contributed by atoms with van der Waals surface area (Å²) >= 11 is 3.63. The van der Waals surface area contributed by atoms with Gasteiger partial charge in [0, 0.05) is 24.8 Å². The lowest BCUT2D eigenvalue weighted by Gasteiger charge is -2.37. The number of aromatic nitrogens is 2. The molecule has 134 valence electrons. The molecular weight excluding hydrogens is 413 g/mol. The summed E-state index contributed by atoms with van der Waals surface area (Å²) in [6.45, 7) is 2.26. The predicted octanol–water partition coefficient (Wildman–Crippen LogP) is 3.32. The van der Waals surface area contributed by atoms with Gasteiger partial charge in [-0.1, -0.05) is 34.2 Å². The van der Waals surface area contributed by atoms with E-state index < -0.39 is 23.3 Å². The largest absolute Gasteiger partial charge is 0.445 e. The molecule has 11 heteroatoms. The first-order valence-corrected chi connectivity index (χ1v) is 9.00. The molecule has 1 aromatic rings. The highest BCUT2D eigenvalue weighted by Crippen LogP contribution is 2.36. The number of carbonyl (C=O) groups excluding carboxylic acids is 2. The summed E-state index contributed by atoms with van der Waals surface area (Å²) in [5, 5.41) is 5.24. The number of hydrogen-bond acceptors (Lipinski definition) is 5. The van der Waals surface area contributed by atoms with E-state index in [4.69, 9.17) is 0 Å². The van der Waals surface area contributed by atoms with E-state index in [1.54, 1.807) is 0 Å². The van der Waals surface area contributed by atoms with Crippen LogP contribution in [0, 0.1) is 0 Å². The quantitative estimate of drug-likeness (QED) is 0.674. The summed E-state index contributed by atoms with van der Waals surface area (Å²) < 4.78 is 38.2. The highest BCUT2D eigenvalue weighted by molar-refractivity contribution is 9.09. The van der Waals surface area contributed by atoms with Crippen molar-refractivity contribution < 1.29 is 22.8 Å². The molecule has 1 aromatic heterocycles. The van der Waals surface area contributed by atoms with Crippen molar-refractivity contribution in [1.29, 1.82) is 0 Å². The molecule has 0 radical (unpaired) electrons. The molecule has 0 aliphatic carbocycles. The van der Waals surface area contributed by atoms with Crippen LogP contribution in [0.1, 0.15) is 31.2 Å². The number of nitrogens with zero attached hydrogens (tertiary/aromatic N) is 4. The van der Waals surface area contributed by atoms with E-state index >= 15 is 0 Å². The fourth-order valence-corrected chi connectivity index (χ4v) is 3.38. The molecule has 2 amide bonds. The van der Waals surface area contributed by atoms with Crippen LogP contribution >= 0.6 is 27.3 Å². The summed E-state index contributed by atoms with van der Waals surface area (Å²) in [4.78, 5) is 27.2. The van der Waals surface area contributed by atoms with Crippen LogP contribution in [0.15, 0.2) is 0 Å². The number of Topliss-reactive ketones (excluding diaryl/α,β-unsaturated/α-hetero) is 1. The predicted molar refractivity (Wildman–Crippen MR) is 86.5 cm³/mol. The van der Waals surface area contributed by atoms with Gasteiger partial charge in [0.25, 0.3) is 0 Å². The van der Waals surface area contributed by atoms with Crippen molar-refractivity contribution in [3.05, 3.63) is 5.01 Å². The van der Waals surface area contributed by atoms with E-state index in [1.165, 1.54) is 11.9 Å². The Labute approximate surface area is 149 Å². The van der Waals surface area contributed by atoms with Gasteiger partial charge in [-0.05, 0) is 12.8 Å². The molecule has 2 atom stereocenters. The maximum absolute atomic E-state index is 12.7. The zero-order chi connectivity index (χ0) is 18.1. The summed E-state index contributed by atoms with van der Waals surface area (Å²) in [5.74, 6) is -0.205. The second-order valence-electron chi connectivity index (χ2n) is 5.44. The van der Waals surface area contributed by atoms with E-state index in [2.05, 4.69) is 26.1 Å². The summed E-state index contributed by atoms with van der Waals surface area (Å²) in [6, 6.07) is -1.37. The number of anilines is 1. The van der Waals surface area contributed by atoms with E-state index in [1.807, 2.05) is 6.92 Å². The number of urea groups is 1. The first-order chi connectivity index (χ1) is 11.1. The molecule has 0 N–H and O–H groups in total. The number of rotatable bonds is 5. The van der Waals surface area contributed by atoms with Crippen LogP contribution < -0.4 is 4.90 Å². The molecule has 1 aliphatic heterocycles. The third kappa shape index (κ3) is 4.05. The third-order valence-corrected chi connectivity index (χ3v) is 5.62. The van der Waals surface area contributed by atoms with Crippen LogP contribution in [-0.2, 0) is 11.0 Å². The average molecular weight is 429 g/mol. The fraction of sp³-hybridized carbons (Fsp3) is 0.692. The van der Waals surface area contributed by atoms with Crippen molar-refractivity contribution in [3.63, 3.8) is 0 Å². The molecular formula is C13H16BrF3N4O2S. The Morgan fingerprint density at radius 1 is 1.46 bits per heavy atom. The SMILES string of the molecule is CCC(Br)CC(=O)C1CCN(C)C(=O)N1c1nnc(C(F)(F)F)s1. The van der Waals surface area contributed by atoms with Crippen molar-refractivity contribution in [2.75, 3.05) is 18.5 Å². The molecule has 2 rings (SSSR count). The first kappa shape index (κ1) is 19.1. The minimum atomic E-state index is -4.64. The molecule has 1 saturated heterocycles. The summed E-state index contributed by atoms with van der Waals surface area (Å²) in [6.07, 6.45) is -3.38. The molecule has 1 fully saturated rings. The summed E-state index contributed by atoms with van der Waals surface area (Å²) in [7, 11) is 1.53. The number of alkyl halides is 4. The summed E-state index contributed by atoms with van der Waals surface area (Å²) in [5.41, 5.74) is 0. The molecule has 2 heterocycles. The fourth-order valence-electron chi connectivity index (χ4n) is 2.30. The lowest BCUT2D eigenvalue weighted by atomic mass is 10.0. The van der Waals surface area contributed by atoms with Crippen LogP contribution in [-0.4, -0.2) is 51.4 Å². The van der Waals surface area contributed by atoms with Crippen molar-refractivity contribution in [2.24, 2.45) is 0 Å². The van der Waals surface area contributed by atoms with Crippen molar-refractivity contribution in [3.8, 4) is 0 Å². The molecule has 0 saturated carbocycles. The van der Waals surface area contributed by atoms with Gasteiger partial charge in [-0.15, -0.1) is 10.2 Å². The second kappa shape index (κ2) is 7.34. The lowest BCUT2D eigenvalue weighted by Crippen LogP contribution is -2.56. The minimum Gasteiger partial charge on any atom is -0.327 e. The van der Waals surface area contributed by atoms with Crippen molar-refractivity contribution >= 4 is 44.2 Å². The van der Waals surface area contributed by atoms with Gasteiger partial charge in [-0.2, -0.15) is 13.2 Å². The molecule has 0 bridgehead atoms. The number of hydrogen-bond donors (Lipinski definition) is 0. The van der Waals surface area contributed by atoms with Crippen LogP contribution in [0.5, 0.6) is 0 Å². The van der Waals surface area contributed by atoms with E-state index in [0.717, 1.165) is 11.3 Å². The van der Waals surface area contributed by atoms with Gasteiger partial charge in [0.05, 0.1) is 0 Å². The molecule has 24 heavy (non-hydrogen) atoms. The van der Waals surface area contributed by atoms with Crippen LogP contribution in [0.25, 0.3) is 0 Å². The monoisotopic (exact) mass is 428 g/mol. The number of ketones is 1.